The number of hydrogen-bond acceptors (Lipinski definition) is 5. The van der Waals surface area contributed by atoms with Gasteiger partial charge in [-0.2, -0.15) is 0 Å². The molecule has 0 aromatic rings. The van der Waals surface area contributed by atoms with Crippen LogP contribution in [0.25, 0.3) is 0 Å². The first-order valence-electron chi connectivity index (χ1n) is 3.49. The molecule has 7 nitrogen and oxygen atoms in total. The van der Waals surface area contributed by atoms with Crippen molar-refractivity contribution in [2.45, 2.75) is 12.4 Å². The zero-order chi connectivity index (χ0) is 10.9. The first-order valence-corrected chi connectivity index (χ1v) is 3.49. The molecule has 1 heterocycles. The summed E-state index contributed by atoms with van der Waals surface area (Å²) in [6.45, 7) is 0. The Hall–Kier alpha value is -1.73. The Bertz CT molecular complexity index is 329. The van der Waals surface area contributed by atoms with E-state index < -0.39 is 35.7 Å². The van der Waals surface area contributed by atoms with Crippen LogP contribution in [-0.2, 0) is 19.1 Å². The summed E-state index contributed by atoms with van der Waals surface area (Å²) in [5, 5.41) is 25.8. The molecule has 0 saturated heterocycles. The molecule has 2 atom stereocenters. The maximum atomic E-state index is 10.9. The average Bonchev–Trinajstić information content (AvgIpc) is 2.08. The van der Waals surface area contributed by atoms with E-state index in [1.165, 1.54) is 0 Å². The summed E-state index contributed by atoms with van der Waals surface area (Å²) in [6.07, 6.45) is -3.01. The van der Waals surface area contributed by atoms with Crippen LogP contribution in [0, 0.1) is 0 Å². The van der Waals surface area contributed by atoms with E-state index in [0.717, 1.165) is 0 Å². The molecular formula is C7H6O7. The van der Waals surface area contributed by atoms with E-state index >= 15 is 0 Å². The zero-order valence-corrected chi connectivity index (χ0v) is 6.71. The van der Waals surface area contributed by atoms with E-state index in [-0.39, 0.29) is 0 Å². The van der Waals surface area contributed by atoms with Gasteiger partial charge in [-0.1, -0.05) is 0 Å². The van der Waals surface area contributed by atoms with Crippen molar-refractivity contribution in [3.63, 3.8) is 0 Å². The molecule has 0 aliphatic carbocycles. The lowest BCUT2D eigenvalue weighted by molar-refractivity contribution is -0.177. The second-order valence-electron chi connectivity index (χ2n) is 2.50. The molecule has 76 valence electrons. The highest BCUT2D eigenvalue weighted by Crippen LogP contribution is 2.14. The van der Waals surface area contributed by atoms with Gasteiger partial charge in [-0.15, -0.1) is 0 Å². The Balaban J connectivity index is 3.05. The molecule has 0 saturated carbocycles. The van der Waals surface area contributed by atoms with Gasteiger partial charge in [0.1, 0.15) is 5.57 Å². The van der Waals surface area contributed by atoms with Crippen molar-refractivity contribution in [1.82, 2.24) is 0 Å². The topological polar surface area (TPSA) is 121 Å². The number of carbonyl (C=O) groups excluding carboxylic acids is 1. The number of hydrogen-bond donors (Lipinski definition) is 3. The predicted molar refractivity (Wildman–Crippen MR) is 39.2 cm³/mol. The van der Waals surface area contributed by atoms with Crippen molar-refractivity contribution in [2.24, 2.45) is 0 Å². The van der Waals surface area contributed by atoms with Crippen LogP contribution in [0.1, 0.15) is 0 Å². The summed E-state index contributed by atoms with van der Waals surface area (Å²) >= 11 is 0. The van der Waals surface area contributed by atoms with Gasteiger partial charge < -0.3 is 20.1 Å². The number of carboxylic acids is 2. The molecule has 3 N–H and O–H groups in total. The monoisotopic (exact) mass is 202 g/mol. The van der Waals surface area contributed by atoms with E-state index in [1.54, 1.807) is 0 Å². The van der Waals surface area contributed by atoms with Crippen molar-refractivity contribution < 1.29 is 34.4 Å². The average molecular weight is 202 g/mol. The fourth-order valence-corrected chi connectivity index (χ4v) is 0.913. The highest BCUT2D eigenvalue weighted by atomic mass is 16.6. The minimum absolute atomic E-state index is 0.639. The van der Waals surface area contributed by atoms with E-state index in [0.29, 0.717) is 6.08 Å². The highest BCUT2D eigenvalue weighted by molar-refractivity contribution is 6.18. The van der Waals surface area contributed by atoms with Crippen LogP contribution in [0.5, 0.6) is 0 Å². The number of carbonyl (C=O) groups is 3. The first-order chi connectivity index (χ1) is 6.43. The quantitative estimate of drug-likeness (QED) is 0.459. The molecule has 1 aliphatic rings. The molecule has 0 spiro atoms. The van der Waals surface area contributed by atoms with Crippen LogP contribution in [0.4, 0.5) is 0 Å². The second-order valence-corrected chi connectivity index (χ2v) is 2.50. The number of aliphatic hydroxyl groups is 1. The van der Waals surface area contributed by atoms with Crippen molar-refractivity contribution in [3.05, 3.63) is 11.6 Å². The molecular weight excluding hydrogens is 196 g/mol. The van der Waals surface area contributed by atoms with Crippen molar-refractivity contribution >= 4 is 17.7 Å². The van der Waals surface area contributed by atoms with Crippen LogP contribution < -0.4 is 0 Å². The fraction of sp³-hybridized carbons (Fsp3) is 0.286. The van der Waals surface area contributed by atoms with Crippen molar-refractivity contribution in [2.75, 3.05) is 0 Å². The highest BCUT2D eigenvalue weighted by Gasteiger charge is 2.35. The molecule has 0 bridgehead atoms. The summed E-state index contributed by atoms with van der Waals surface area (Å²) < 4.78 is 4.31. The summed E-state index contributed by atoms with van der Waals surface area (Å²) in [5.74, 6) is -4.23. The van der Waals surface area contributed by atoms with Gasteiger partial charge in [-0.25, -0.2) is 9.59 Å². The molecule has 0 fully saturated rings. The third kappa shape index (κ3) is 1.78. The number of carboxylic acid groups (broad SMARTS) is 2. The molecule has 1 aliphatic heterocycles. The molecule has 7 heteroatoms. The number of Topliss-reactive ketones (excluding diaryl/α,β-unsaturated/α-hetero) is 1. The molecule has 0 aromatic heterocycles. The minimum Gasteiger partial charge on any atom is -0.479 e. The number of ketones is 1. The van der Waals surface area contributed by atoms with Gasteiger partial charge in [0, 0.05) is 0 Å². The van der Waals surface area contributed by atoms with E-state index in [4.69, 9.17) is 15.3 Å². The van der Waals surface area contributed by atoms with Crippen LogP contribution in [0.2, 0.25) is 0 Å². The van der Waals surface area contributed by atoms with Crippen LogP contribution >= 0.6 is 0 Å². The van der Waals surface area contributed by atoms with Crippen LogP contribution in [0.3, 0.4) is 0 Å². The third-order valence-electron chi connectivity index (χ3n) is 1.56. The Morgan fingerprint density at radius 2 is 1.93 bits per heavy atom. The standard InChI is InChI=1S/C7H6O7/c8-4-2(5(9)10)1-3(6(11)12)14-7(4)13/h1,3,7,13H,(H,9,10)(H,11,12). The van der Waals surface area contributed by atoms with E-state index in [2.05, 4.69) is 4.74 Å². The number of aliphatic carboxylic acids is 2. The number of rotatable bonds is 2. The van der Waals surface area contributed by atoms with E-state index in [9.17, 15) is 14.4 Å². The van der Waals surface area contributed by atoms with Crippen molar-refractivity contribution in [1.29, 1.82) is 0 Å². The van der Waals surface area contributed by atoms with Gasteiger partial charge in [0.2, 0.25) is 12.1 Å². The summed E-state index contributed by atoms with van der Waals surface area (Å²) in [7, 11) is 0. The second kappa shape index (κ2) is 3.56. The molecule has 0 radical (unpaired) electrons. The van der Waals surface area contributed by atoms with Gasteiger partial charge in [-0.3, -0.25) is 4.79 Å². The summed E-state index contributed by atoms with van der Waals surface area (Å²) in [5.41, 5.74) is -0.781. The minimum atomic E-state index is -2.04. The van der Waals surface area contributed by atoms with E-state index in [1.807, 2.05) is 0 Å². The zero-order valence-electron chi connectivity index (χ0n) is 6.71. The Morgan fingerprint density at radius 1 is 1.36 bits per heavy atom. The fourth-order valence-electron chi connectivity index (χ4n) is 0.913. The van der Waals surface area contributed by atoms with Gasteiger partial charge in [0.05, 0.1) is 0 Å². The predicted octanol–water partition coefficient (Wildman–Crippen LogP) is -1.63. The van der Waals surface area contributed by atoms with Crippen molar-refractivity contribution in [3.8, 4) is 0 Å². The SMILES string of the molecule is O=C(O)C1=CC(C(=O)O)OC(O)C1=O. The third-order valence-corrected chi connectivity index (χ3v) is 1.56. The lowest BCUT2D eigenvalue weighted by atomic mass is 10.1. The van der Waals surface area contributed by atoms with Gasteiger partial charge in [0.25, 0.3) is 0 Å². The van der Waals surface area contributed by atoms with Gasteiger partial charge >= 0.3 is 11.9 Å². The smallest absolute Gasteiger partial charge is 0.339 e. The number of ether oxygens (including phenoxy) is 1. The van der Waals surface area contributed by atoms with Gasteiger partial charge in [-0.05, 0) is 6.08 Å². The lowest BCUT2D eigenvalue weighted by Crippen LogP contribution is -2.40. The molecule has 0 amide bonds. The maximum absolute atomic E-state index is 10.9. The maximum Gasteiger partial charge on any atom is 0.339 e. The van der Waals surface area contributed by atoms with Gasteiger partial charge in [0.15, 0.2) is 6.10 Å². The molecule has 2 unspecified atom stereocenters. The first kappa shape index (κ1) is 10.4. The Kier molecular flexibility index (Phi) is 2.63. The largest absolute Gasteiger partial charge is 0.479 e. The summed E-state index contributed by atoms with van der Waals surface area (Å²) in [4.78, 5) is 31.7. The molecule has 0 aromatic carbocycles. The molecule has 1 rings (SSSR count). The normalized spacial score (nSPS) is 26.9. The van der Waals surface area contributed by atoms with Crippen LogP contribution in [0.15, 0.2) is 11.6 Å². The lowest BCUT2D eigenvalue weighted by Gasteiger charge is -2.20. The van der Waals surface area contributed by atoms with Crippen LogP contribution in [-0.4, -0.2) is 45.4 Å². The summed E-state index contributed by atoms with van der Waals surface area (Å²) in [6, 6.07) is 0. The number of aliphatic hydroxyl groups excluding tert-OH is 1. The Morgan fingerprint density at radius 3 is 2.36 bits per heavy atom. The molecule has 14 heavy (non-hydrogen) atoms. The Labute approximate surface area is 77.2 Å².